The monoisotopic (exact) mass is 625 g/mol. The summed E-state index contributed by atoms with van der Waals surface area (Å²) in [7, 11) is -8.01. The quantitative estimate of drug-likeness (QED) is 0.369. The van der Waals surface area contributed by atoms with Crippen LogP contribution in [0.3, 0.4) is 0 Å². The number of hydrogen-bond donors (Lipinski definition) is 4. The standard InChI is InChI=1S/C6H14N2.2C6H6O3S.Pt/c7-5-3-1-2-4-6(5)8;2*7-10(8,9)6-4-2-1-3-5-6;/h5-6H,1-4,7-8H2;2*1-5H,(H,7,8,9);. The molecule has 29 heavy (non-hydrogen) atoms. The largest absolute Gasteiger partial charge is 0.326 e. The van der Waals surface area contributed by atoms with Crippen LogP contribution in [-0.2, 0) is 41.3 Å². The van der Waals surface area contributed by atoms with Gasteiger partial charge < -0.3 is 11.5 Å². The van der Waals surface area contributed by atoms with E-state index in [0.717, 1.165) is 12.8 Å². The van der Waals surface area contributed by atoms with E-state index >= 15 is 0 Å². The minimum absolute atomic E-state index is 0. The molecule has 2 atom stereocenters. The summed E-state index contributed by atoms with van der Waals surface area (Å²) in [5.74, 6) is 0. The van der Waals surface area contributed by atoms with E-state index in [2.05, 4.69) is 0 Å². The molecule has 0 amide bonds. The molecule has 0 heterocycles. The van der Waals surface area contributed by atoms with E-state index in [0.29, 0.717) is 0 Å². The summed E-state index contributed by atoms with van der Waals surface area (Å²) < 4.78 is 58.5. The van der Waals surface area contributed by atoms with Gasteiger partial charge in [0.25, 0.3) is 20.2 Å². The van der Waals surface area contributed by atoms with Crippen molar-refractivity contribution in [2.45, 2.75) is 47.6 Å². The molecule has 0 aromatic heterocycles. The fraction of sp³-hybridized carbons (Fsp3) is 0.333. The molecule has 2 unspecified atom stereocenters. The summed E-state index contributed by atoms with van der Waals surface area (Å²) >= 11 is 0. The normalized spacial score (nSPS) is 18.8. The molecule has 1 aliphatic rings. The van der Waals surface area contributed by atoms with Gasteiger partial charge in [-0.25, -0.2) is 0 Å². The molecule has 0 saturated heterocycles. The SMILES string of the molecule is NC1CCCCC1N.O=S(=O)(O)c1ccccc1.O=S(=O)(O)c1ccccc1.[Pt]. The summed E-state index contributed by atoms with van der Waals surface area (Å²) in [6, 6.07) is 15.4. The van der Waals surface area contributed by atoms with Crippen LogP contribution in [0.15, 0.2) is 70.5 Å². The number of nitrogens with two attached hydrogens (primary N) is 2. The third-order valence-electron chi connectivity index (χ3n) is 3.96. The molecule has 8 nitrogen and oxygen atoms in total. The zero-order chi connectivity index (χ0) is 21.2. The van der Waals surface area contributed by atoms with E-state index in [1.54, 1.807) is 36.4 Å². The van der Waals surface area contributed by atoms with Crippen LogP contribution in [0.5, 0.6) is 0 Å². The van der Waals surface area contributed by atoms with E-state index in [9.17, 15) is 16.8 Å². The van der Waals surface area contributed by atoms with Gasteiger partial charge in [-0.2, -0.15) is 16.8 Å². The van der Waals surface area contributed by atoms with Crippen molar-refractivity contribution in [1.29, 1.82) is 0 Å². The summed E-state index contributed by atoms with van der Waals surface area (Å²) in [5.41, 5.74) is 11.3. The summed E-state index contributed by atoms with van der Waals surface area (Å²) in [4.78, 5) is -0.148. The Balaban J connectivity index is 0.000000401. The van der Waals surface area contributed by atoms with Gasteiger partial charge in [-0.15, -0.1) is 0 Å². The van der Waals surface area contributed by atoms with Gasteiger partial charge in [0.05, 0.1) is 9.79 Å². The third kappa shape index (κ3) is 11.6. The zero-order valence-electron chi connectivity index (χ0n) is 15.6. The molecular weight excluding hydrogens is 599 g/mol. The Labute approximate surface area is 186 Å². The first-order valence-corrected chi connectivity index (χ1v) is 11.5. The topological polar surface area (TPSA) is 161 Å². The van der Waals surface area contributed by atoms with Crippen LogP contribution in [-0.4, -0.2) is 38.0 Å². The molecule has 0 bridgehead atoms. The Morgan fingerprint density at radius 1 is 0.655 bits per heavy atom. The summed E-state index contributed by atoms with van der Waals surface area (Å²) in [5, 5.41) is 0. The Kier molecular flexibility index (Phi) is 12.7. The first kappa shape index (κ1) is 27.9. The minimum atomic E-state index is -4.00. The molecule has 166 valence electrons. The van der Waals surface area contributed by atoms with Crippen LogP contribution >= 0.6 is 0 Å². The Morgan fingerprint density at radius 2 is 0.931 bits per heavy atom. The molecule has 1 saturated carbocycles. The average molecular weight is 626 g/mol. The van der Waals surface area contributed by atoms with E-state index in [1.807, 2.05) is 0 Å². The van der Waals surface area contributed by atoms with E-state index in [4.69, 9.17) is 20.6 Å². The van der Waals surface area contributed by atoms with Gasteiger partial charge in [0, 0.05) is 33.1 Å². The molecule has 6 N–H and O–H groups in total. The molecule has 0 radical (unpaired) electrons. The maximum Gasteiger partial charge on any atom is 0.294 e. The smallest absolute Gasteiger partial charge is 0.294 e. The fourth-order valence-corrected chi connectivity index (χ4v) is 3.38. The van der Waals surface area contributed by atoms with Crippen molar-refractivity contribution < 1.29 is 47.0 Å². The summed E-state index contributed by atoms with van der Waals surface area (Å²) in [6.45, 7) is 0. The van der Waals surface area contributed by atoms with Gasteiger partial charge in [-0.3, -0.25) is 9.11 Å². The average Bonchev–Trinajstić information content (AvgIpc) is 2.65. The van der Waals surface area contributed by atoms with E-state index < -0.39 is 20.2 Å². The van der Waals surface area contributed by atoms with Gasteiger partial charge >= 0.3 is 0 Å². The fourth-order valence-electron chi connectivity index (χ4n) is 2.37. The predicted octanol–water partition coefficient (Wildman–Crippen LogP) is 2.08. The molecule has 2 aromatic carbocycles. The van der Waals surface area contributed by atoms with Gasteiger partial charge in [-0.05, 0) is 37.1 Å². The van der Waals surface area contributed by atoms with E-state index in [1.165, 1.54) is 37.1 Å². The van der Waals surface area contributed by atoms with Gasteiger partial charge in [0.1, 0.15) is 0 Å². The summed E-state index contributed by atoms with van der Waals surface area (Å²) in [6.07, 6.45) is 4.80. The van der Waals surface area contributed by atoms with Crippen molar-refractivity contribution >= 4 is 20.2 Å². The maximum absolute atomic E-state index is 10.4. The molecule has 11 heteroatoms. The van der Waals surface area contributed by atoms with Crippen LogP contribution in [0, 0.1) is 0 Å². The van der Waals surface area contributed by atoms with Crippen molar-refractivity contribution in [2.75, 3.05) is 0 Å². The van der Waals surface area contributed by atoms with Crippen molar-refractivity contribution in [3.63, 3.8) is 0 Å². The number of benzene rings is 2. The number of hydrogen-bond acceptors (Lipinski definition) is 6. The first-order chi connectivity index (χ1) is 13.0. The second-order valence-electron chi connectivity index (χ2n) is 6.19. The van der Waals surface area contributed by atoms with Crippen molar-refractivity contribution in [1.82, 2.24) is 0 Å². The van der Waals surface area contributed by atoms with Gasteiger partial charge in [0.15, 0.2) is 0 Å². The maximum atomic E-state index is 10.4. The van der Waals surface area contributed by atoms with Crippen molar-refractivity contribution in [2.24, 2.45) is 11.5 Å². The molecule has 3 rings (SSSR count). The Hall–Kier alpha value is -1.13. The second kappa shape index (κ2) is 13.2. The second-order valence-corrected chi connectivity index (χ2v) is 9.03. The van der Waals surface area contributed by atoms with Gasteiger partial charge in [0.2, 0.25) is 0 Å². The Morgan fingerprint density at radius 3 is 1.10 bits per heavy atom. The van der Waals surface area contributed by atoms with Crippen molar-refractivity contribution in [3.05, 3.63) is 60.7 Å². The zero-order valence-corrected chi connectivity index (χ0v) is 19.5. The molecule has 1 fully saturated rings. The third-order valence-corrected chi connectivity index (χ3v) is 5.69. The molecule has 1 aliphatic carbocycles. The predicted molar refractivity (Wildman–Crippen MR) is 107 cm³/mol. The van der Waals surface area contributed by atoms with Crippen LogP contribution in [0.25, 0.3) is 0 Å². The first-order valence-electron chi connectivity index (χ1n) is 8.58. The molecule has 0 aliphatic heterocycles. The van der Waals surface area contributed by atoms with Crippen molar-refractivity contribution in [3.8, 4) is 0 Å². The molecular formula is C18H26N2O6PtS2. The minimum Gasteiger partial charge on any atom is -0.326 e. The Bertz CT molecular complexity index is 832. The van der Waals surface area contributed by atoms with Crippen LogP contribution in [0.1, 0.15) is 25.7 Å². The van der Waals surface area contributed by atoms with Crippen LogP contribution in [0.4, 0.5) is 0 Å². The molecule has 2 aromatic rings. The van der Waals surface area contributed by atoms with E-state index in [-0.39, 0.29) is 42.9 Å². The van der Waals surface area contributed by atoms with Crippen LogP contribution < -0.4 is 11.5 Å². The number of rotatable bonds is 2. The van der Waals surface area contributed by atoms with Crippen LogP contribution in [0.2, 0.25) is 0 Å². The van der Waals surface area contributed by atoms with Gasteiger partial charge in [-0.1, -0.05) is 49.2 Å². The molecule has 0 spiro atoms.